The fourth-order valence-electron chi connectivity index (χ4n) is 4.70. The van der Waals surface area contributed by atoms with Crippen LogP contribution in [-0.4, -0.2) is 42.0 Å². The minimum absolute atomic E-state index is 0.0910. The van der Waals surface area contributed by atoms with E-state index in [1.165, 1.54) is 12.1 Å². The van der Waals surface area contributed by atoms with Crippen LogP contribution in [-0.2, 0) is 9.84 Å². The molecular formula is C24H27ClF3NO5S. The van der Waals surface area contributed by atoms with E-state index in [0.29, 0.717) is 25.0 Å². The molecule has 0 heterocycles. The maximum Gasteiger partial charge on any atom is 0.255 e. The van der Waals surface area contributed by atoms with Crippen molar-refractivity contribution in [2.75, 3.05) is 11.9 Å². The Labute approximate surface area is 207 Å². The number of aliphatic hydroxyl groups excluding tert-OH is 1. The summed E-state index contributed by atoms with van der Waals surface area (Å²) in [4.78, 5) is 12.4. The van der Waals surface area contributed by atoms with Crippen molar-refractivity contribution >= 4 is 33.0 Å². The minimum atomic E-state index is -4.08. The van der Waals surface area contributed by atoms with Crippen LogP contribution >= 0.6 is 11.6 Å². The summed E-state index contributed by atoms with van der Waals surface area (Å²) < 4.78 is 67.5. The normalized spacial score (nSPS) is 22.1. The van der Waals surface area contributed by atoms with Crippen LogP contribution in [0, 0.1) is 29.3 Å². The smallest absolute Gasteiger partial charge is 0.255 e. The zero-order valence-corrected chi connectivity index (χ0v) is 20.8. The number of rotatable bonds is 8. The SMILES string of the molecule is CC[C@@](O)(CO)CC1CCC(C)[C@@H]1S(=O)(=O)c1cc(C(=O)Nc2cc(F)c(F)c(F)c2)ccc1Cl. The first kappa shape index (κ1) is 27.4. The maximum atomic E-state index is 13.7. The number of carbonyl (C=O) groups excluding carboxylic acids is 1. The molecule has 0 saturated heterocycles. The van der Waals surface area contributed by atoms with Gasteiger partial charge in [0.15, 0.2) is 27.3 Å². The molecule has 192 valence electrons. The third-order valence-electron chi connectivity index (χ3n) is 6.71. The number of halogens is 4. The van der Waals surface area contributed by atoms with Gasteiger partial charge in [-0.05, 0) is 55.7 Å². The maximum absolute atomic E-state index is 13.7. The second kappa shape index (κ2) is 10.5. The number of benzene rings is 2. The quantitative estimate of drug-likeness (QED) is 0.426. The van der Waals surface area contributed by atoms with E-state index in [-0.39, 0.29) is 39.9 Å². The van der Waals surface area contributed by atoms with Gasteiger partial charge in [0.25, 0.3) is 5.91 Å². The number of hydrogen-bond donors (Lipinski definition) is 3. The lowest BCUT2D eigenvalue weighted by molar-refractivity contribution is -0.0354. The molecule has 3 rings (SSSR count). The summed E-state index contributed by atoms with van der Waals surface area (Å²) in [6.45, 7) is 2.99. The molecule has 0 aliphatic heterocycles. The Balaban J connectivity index is 1.93. The number of nitrogens with one attached hydrogen (secondary N) is 1. The summed E-state index contributed by atoms with van der Waals surface area (Å²) in [6.07, 6.45) is 1.47. The van der Waals surface area contributed by atoms with Gasteiger partial charge in [-0.3, -0.25) is 4.79 Å². The Morgan fingerprint density at radius 3 is 2.37 bits per heavy atom. The van der Waals surface area contributed by atoms with Crippen molar-refractivity contribution in [1.82, 2.24) is 0 Å². The van der Waals surface area contributed by atoms with Crippen LogP contribution in [0.25, 0.3) is 0 Å². The predicted octanol–water partition coefficient (Wildman–Crippen LogP) is 4.72. The van der Waals surface area contributed by atoms with Crippen molar-refractivity contribution in [3.8, 4) is 0 Å². The van der Waals surface area contributed by atoms with Crippen LogP contribution < -0.4 is 5.32 Å². The predicted molar refractivity (Wildman–Crippen MR) is 126 cm³/mol. The molecule has 35 heavy (non-hydrogen) atoms. The molecule has 2 unspecified atom stereocenters. The summed E-state index contributed by atoms with van der Waals surface area (Å²) >= 11 is 6.23. The molecule has 1 aliphatic carbocycles. The lowest BCUT2D eigenvalue weighted by atomic mass is 9.87. The molecule has 1 fully saturated rings. The van der Waals surface area contributed by atoms with Gasteiger partial charge in [-0.1, -0.05) is 25.4 Å². The topological polar surface area (TPSA) is 104 Å². The average Bonchev–Trinajstić information content (AvgIpc) is 3.17. The summed E-state index contributed by atoms with van der Waals surface area (Å²) in [5.41, 5.74) is -1.90. The Morgan fingerprint density at radius 1 is 1.17 bits per heavy atom. The molecule has 2 aromatic rings. The Hall–Kier alpha value is -2.14. The van der Waals surface area contributed by atoms with Gasteiger partial charge in [0.05, 0.1) is 27.4 Å². The van der Waals surface area contributed by atoms with Crippen LogP contribution in [0.2, 0.25) is 5.02 Å². The Kier molecular flexibility index (Phi) is 8.20. The molecule has 1 saturated carbocycles. The molecule has 3 N–H and O–H groups in total. The lowest BCUT2D eigenvalue weighted by Gasteiger charge is -2.31. The molecule has 2 aromatic carbocycles. The molecule has 0 aromatic heterocycles. The van der Waals surface area contributed by atoms with Crippen molar-refractivity contribution in [2.45, 2.75) is 55.3 Å². The molecule has 11 heteroatoms. The summed E-state index contributed by atoms with van der Waals surface area (Å²) in [5.74, 6) is -6.24. The molecule has 1 aliphatic rings. The first-order chi connectivity index (χ1) is 16.3. The van der Waals surface area contributed by atoms with Crippen molar-refractivity contribution in [2.24, 2.45) is 11.8 Å². The highest BCUT2D eigenvalue weighted by molar-refractivity contribution is 7.92. The van der Waals surface area contributed by atoms with Gasteiger partial charge in [0.2, 0.25) is 0 Å². The van der Waals surface area contributed by atoms with Crippen LogP contribution in [0.5, 0.6) is 0 Å². The number of carbonyl (C=O) groups is 1. The second-order valence-electron chi connectivity index (χ2n) is 9.12. The van der Waals surface area contributed by atoms with E-state index in [1.807, 2.05) is 0 Å². The number of anilines is 1. The molecule has 4 atom stereocenters. The Morgan fingerprint density at radius 2 is 1.80 bits per heavy atom. The third kappa shape index (κ3) is 5.66. The minimum Gasteiger partial charge on any atom is -0.393 e. The van der Waals surface area contributed by atoms with E-state index in [2.05, 4.69) is 5.32 Å². The van der Waals surface area contributed by atoms with Crippen molar-refractivity contribution in [1.29, 1.82) is 0 Å². The van der Waals surface area contributed by atoms with Gasteiger partial charge in [0, 0.05) is 23.4 Å². The highest BCUT2D eigenvalue weighted by atomic mass is 35.5. The second-order valence-corrected chi connectivity index (χ2v) is 11.6. The van der Waals surface area contributed by atoms with E-state index in [9.17, 15) is 36.6 Å². The molecule has 0 radical (unpaired) electrons. The highest BCUT2D eigenvalue weighted by Gasteiger charge is 2.46. The molecule has 0 bridgehead atoms. The largest absolute Gasteiger partial charge is 0.393 e. The molecule has 0 spiro atoms. The van der Waals surface area contributed by atoms with E-state index >= 15 is 0 Å². The van der Waals surface area contributed by atoms with Crippen LogP contribution in [0.3, 0.4) is 0 Å². The van der Waals surface area contributed by atoms with Gasteiger partial charge in [-0.2, -0.15) is 0 Å². The number of hydrogen-bond acceptors (Lipinski definition) is 5. The van der Waals surface area contributed by atoms with E-state index in [0.717, 1.165) is 6.07 Å². The number of aliphatic hydroxyl groups is 2. The lowest BCUT2D eigenvalue weighted by Crippen LogP contribution is -2.39. The van der Waals surface area contributed by atoms with Gasteiger partial charge in [-0.15, -0.1) is 0 Å². The van der Waals surface area contributed by atoms with Crippen LogP contribution in [0.1, 0.15) is 49.9 Å². The summed E-state index contributed by atoms with van der Waals surface area (Å²) in [7, 11) is -4.08. The van der Waals surface area contributed by atoms with Gasteiger partial charge < -0.3 is 15.5 Å². The Bertz CT molecular complexity index is 1200. The van der Waals surface area contributed by atoms with Gasteiger partial charge in [0.1, 0.15) is 0 Å². The fraction of sp³-hybridized carbons (Fsp3) is 0.458. The van der Waals surface area contributed by atoms with Crippen LogP contribution in [0.4, 0.5) is 18.9 Å². The molecule has 1 amide bonds. The van der Waals surface area contributed by atoms with E-state index in [4.69, 9.17) is 11.6 Å². The summed E-state index contributed by atoms with van der Waals surface area (Å²) in [6, 6.07) is 4.78. The highest BCUT2D eigenvalue weighted by Crippen LogP contribution is 2.44. The third-order valence-corrected chi connectivity index (χ3v) is 9.67. The van der Waals surface area contributed by atoms with E-state index < -0.39 is 56.6 Å². The first-order valence-corrected chi connectivity index (χ1v) is 13.1. The van der Waals surface area contributed by atoms with Crippen LogP contribution in [0.15, 0.2) is 35.2 Å². The van der Waals surface area contributed by atoms with Crippen molar-refractivity contribution in [3.05, 3.63) is 58.4 Å². The zero-order valence-electron chi connectivity index (χ0n) is 19.2. The molecule has 6 nitrogen and oxygen atoms in total. The van der Waals surface area contributed by atoms with Gasteiger partial charge >= 0.3 is 0 Å². The number of sulfone groups is 1. The monoisotopic (exact) mass is 533 g/mol. The van der Waals surface area contributed by atoms with Crippen molar-refractivity contribution < 1.29 is 36.6 Å². The van der Waals surface area contributed by atoms with Crippen molar-refractivity contribution in [3.63, 3.8) is 0 Å². The summed E-state index contributed by atoms with van der Waals surface area (Å²) in [5, 5.41) is 21.4. The van der Waals surface area contributed by atoms with Gasteiger partial charge in [-0.25, -0.2) is 21.6 Å². The van der Waals surface area contributed by atoms with E-state index in [1.54, 1.807) is 13.8 Å². The average molecular weight is 534 g/mol. The fourth-order valence-corrected chi connectivity index (χ4v) is 7.55. The number of amides is 1. The zero-order chi connectivity index (χ0) is 26.1. The standard InChI is InChI=1S/C24H27ClF3NO5S/c1-3-24(32,12-30)11-15-5-4-13(2)22(15)35(33,34)20-8-14(6-7-17(20)25)23(31)29-16-9-18(26)21(28)19(27)10-16/h6-10,13,15,22,30,32H,3-5,11-12H2,1-2H3,(H,29,31)/t13?,15?,22-,24-/m0/s1. The molecular weight excluding hydrogens is 507 g/mol. The first-order valence-electron chi connectivity index (χ1n) is 11.2.